The van der Waals surface area contributed by atoms with Gasteiger partial charge in [0, 0.05) is 17.8 Å². The molecule has 0 aliphatic rings. The molecule has 1 N–H and O–H groups in total. The van der Waals surface area contributed by atoms with Crippen molar-refractivity contribution >= 4 is 12.2 Å². The number of hydrogen-bond donors (Lipinski definition) is 1. The minimum absolute atomic E-state index is 0.0415. The lowest BCUT2D eigenvalue weighted by atomic mass is 10.1. The van der Waals surface area contributed by atoms with Gasteiger partial charge in [0.15, 0.2) is 5.82 Å². The Morgan fingerprint density at radius 1 is 1.48 bits per heavy atom. The fourth-order valence-electron chi connectivity index (χ4n) is 1.62. The number of alkyl halides is 3. The molecule has 0 atom stereocenters. The SMILES string of the molecule is [2H]/C(=C/n1nc(-c2cc(C)cc(C(F)(F)F)c2)nc1[2H])C(=O)O. The molecule has 1 aromatic heterocycles. The first kappa shape index (κ1) is 12.1. The number of benzene rings is 1. The quantitative estimate of drug-likeness (QED) is 0.885. The third kappa shape index (κ3) is 3.68. The largest absolute Gasteiger partial charge is 0.478 e. The zero-order valence-electron chi connectivity index (χ0n) is 12.6. The Morgan fingerprint density at radius 2 is 2.19 bits per heavy atom. The van der Waals surface area contributed by atoms with Crippen molar-refractivity contribution in [2.24, 2.45) is 0 Å². The van der Waals surface area contributed by atoms with Gasteiger partial charge in [0.25, 0.3) is 0 Å². The Labute approximate surface area is 120 Å². The predicted molar refractivity (Wildman–Crippen MR) is 68.2 cm³/mol. The summed E-state index contributed by atoms with van der Waals surface area (Å²) in [4.78, 5) is 14.3. The van der Waals surface area contributed by atoms with Crippen molar-refractivity contribution in [2.75, 3.05) is 0 Å². The van der Waals surface area contributed by atoms with Crippen LogP contribution in [0.1, 0.15) is 13.9 Å². The number of carboxylic acid groups (broad SMARTS) is 1. The van der Waals surface area contributed by atoms with Gasteiger partial charge in [0.2, 0.25) is 0 Å². The minimum atomic E-state index is -4.54. The van der Waals surface area contributed by atoms with Crippen LogP contribution in [0, 0.1) is 6.92 Å². The van der Waals surface area contributed by atoms with E-state index in [9.17, 15) is 18.0 Å². The second-order valence-electron chi connectivity index (χ2n) is 4.14. The molecule has 0 radical (unpaired) electrons. The number of hydrogen-bond acceptors (Lipinski definition) is 3. The number of rotatable bonds is 3. The van der Waals surface area contributed by atoms with E-state index in [1.54, 1.807) is 0 Å². The highest BCUT2D eigenvalue weighted by atomic mass is 19.4. The first-order chi connectivity index (χ1) is 10.6. The molecule has 21 heavy (non-hydrogen) atoms. The highest BCUT2D eigenvalue weighted by molar-refractivity contribution is 5.82. The second-order valence-corrected chi connectivity index (χ2v) is 4.14. The topological polar surface area (TPSA) is 68.0 Å². The molecule has 0 aliphatic heterocycles. The third-order valence-corrected chi connectivity index (χ3v) is 2.43. The Hall–Kier alpha value is -2.64. The standard InChI is InChI=1S/C13H10F3N3O2/c1-8-4-9(6-10(5-8)13(14,15)16)12-17-7-19(18-12)3-2-11(20)21/h2-7H,1H3,(H,20,21)/b3-2-/i2D,7D. The normalized spacial score (nSPS) is 13.8. The van der Waals surface area contributed by atoms with Gasteiger partial charge in [0.05, 0.1) is 6.93 Å². The number of aliphatic carboxylic acids is 1. The minimum Gasteiger partial charge on any atom is -0.478 e. The van der Waals surface area contributed by atoms with Crippen molar-refractivity contribution in [3.05, 3.63) is 41.7 Å². The van der Waals surface area contributed by atoms with Crippen LogP contribution in [0.15, 0.2) is 30.6 Å². The molecule has 2 aromatic rings. The molecule has 0 aliphatic carbocycles. The Bertz CT molecular complexity index is 800. The highest BCUT2D eigenvalue weighted by Crippen LogP contribution is 2.32. The van der Waals surface area contributed by atoms with Crippen LogP contribution in [0.25, 0.3) is 17.6 Å². The van der Waals surface area contributed by atoms with Crippen molar-refractivity contribution in [1.29, 1.82) is 0 Å². The van der Waals surface area contributed by atoms with E-state index >= 15 is 0 Å². The summed E-state index contributed by atoms with van der Waals surface area (Å²) >= 11 is 0. The van der Waals surface area contributed by atoms with Gasteiger partial charge in [-0.05, 0) is 30.7 Å². The first-order valence-electron chi connectivity index (χ1n) is 6.62. The van der Waals surface area contributed by atoms with E-state index in [4.69, 9.17) is 7.85 Å². The average molecular weight is 299 g/mol. The monoisotopic (exact) mass is 299 g/mol. The van der Waals surface area contributed by atoms with Crippen LogP contribution in [-0.4, -0.2) is 25.8 Å². The number of aryl methyl sites for hydroxylation is 1. The van der Waals surface area contributed by atoms with Crippen molar-refractivity contribution < 1.29 is 25.8 Å². The van der Waals surface area contributed by atoms with E-state index in [0.717, 1.165) is 18.3 Å². The van der Waals surface area contributed by atoms with Crippen molar-refractivity contribution in [3.8, 4) is 11.4 Å². The molecular weight excluding hydrogens is 287 g/mol. The van der Waals surface area contributed by atoms with Gasteiger partial charge in [-0.3, -0.25) is 0 Å². The maximum Gasteiger partial charge on any atom is 0.416 e. The van der Waals surface area contributed by atoms with E-state index in [1.165, 1.54) is 13.0 Å². The third-order valence-electron chi connectivity index (χ3n) is 2.43. The van der Waals surface area contributed by atoms with E-state index in [2.05, 4.69) is 10.1 Å². The summed E-state index contributed by atoms with van der Waals surface area (Å²) in [6.07, 6.45) is -4.30. The summed E-state index contributed by atoms with van der Waals surface area (Å²) in [5.74, 6) is -1.70. The van der Waals surface area contributed by atoms with Crippen LogP contribution in [0.4, 0.5) is 13.2 Å². The summed E-state index contributed by atoms with van der Waals surface area (Å²) in [6, 6.07) is 2.38. The first-order valence-corrected chi connectivity index (χ1v) is 5.62. The molecular formula is C13H10F3N3O2. The number of nitrogens with zero attached hydrogens (tertiary/aromatic N) is 3. The second kappa shape index (κ2) is 5.39. The smallest absolute Gasteiger partial charge is 0.416 e. The summed E-state index contributed by atoms with van der Waals surface area (Å²) in [7, 11) is 0. The van der Waals surface area contributed by atoms with Crippen LogP contribution in [0.2, 0.25) is 0 Å². The number of halogens is 3. The number of carboxylic acids is 1. The van der Waals surface area contributed by atoms with Crippen LogP contribution in [-0.2, 0) is 11.0 Å². The molecule has 0 spiro atoms. The van der Waals surface area contributed by atoms with E-state index in [1.807, 2.05) is 0 Å². The molecule has 0 amide bonds. The van der Waals surface area contributed by atoms with Gasteiger partial charge in [-0.1, -0.05) is 0 Å². The average Bonchev–Trinajstić information content (AvgIpc) is 2.78. The molecule has 0 fully saturated rings. The van der Waals surface area contributed by atoms with Gasteiger partial charge >= 0.3 is 12.1 Å². The molecule has 0 bridgehead atoms. The maximum absolute atomic E-state index is 12.8. The Balaban J connectivity index is 2.50. The molecule has 1 aromatic carbocycles. The highest BCUT2D eigenvalue weighted by Gasteiger charge is 2.31. The van der Waals surface area contributed by atoms with Crippen LogP contribution in [0.3, 0.4) is 0 Å². The fraction of sp³-hybridized carbons (Fsp3) is 0.154. The zero-order valence-corrected chi connectivity index (χ0v) is 10.6. The predicted octanol–water partition coefficient (Wildman–Crippen LogP) is 2.83. The number of carbonyl (C=O) groups is 1. The van der Waals surface area contributed by atoms with Crippen LogP contribution >= 0.6 is 0 Å². The molecule has 8 heteroatoms. The van der Waals surface area contributed by atoms with Gasteiger partial charge in [-0.2, -0.15) is 13.2 Å². The lowest BCUT2D eigenvalue weighted by Crippen LogP contribution is -2.05. The molecule has 0 saturated heterocycles. The van der Waals surface area contributed by atoms with E-state index < -0.39 is 30.1 Å². The lowest BCUT2D eigenvalue weighted by Gasteiger charge is -2.09. The lowest BCUT2D eigenvalue weighted by molar-refractivity contribution is -0.137. The molecule has 0 saturated carbocycles. The molecule has 110 valence electrons. The van der Waals surface area contributed by atoms with Crippen LogP contribution in [0.5, 0.6) is 0 Å². The molecule has 5 nitrogen and oxygen atoms in total. The summed E-state index contributed by atoms with van der Waals surface area (Å²) < 4.78 is 53.9. The molecule has 1 heterocycles. The van der Waals surface area contributed by atoms with E-state index in [-0.39, 0.29) is 11.4 Å². The van der Waals surface area contributed by atoms with Gasteiger partial charge < -0.3 is 5.11 Å². The van der Waals surface area contributed by atoms with Crippen molar-refractivity contribution in [3.63, 3.8) is 0 Å². The summed E-state index contributed by atoms with van der Waals surface area (Å²) in [6.45, 7) is 1.48. The molecule has 2 rings (SSSR count). The van der Waals surface area contributed by atoms with E-state index in [0.29, 0.717) is 10.2 Å². The number of aromatic nitrogens is 3. The summed E-state index contributed by atoms with van der Waals surface area (Å²) in [5.41, 5.74) is -0.502. The Kier molecular flexibility index (Phi) is 3.11. The molecule has 0 unspecified atom stereocenters. The van der Waals surface area contributed by atoms with Crippen molar-refractivity contribution in [2.45, 2.75) is 13.1 Å². The zero-order chi connectivity index (χ0) is 17.4. The van der Waals surface area contributed by atoms with Gasteiger partial charge in [-0.25, -0.2) is 14.5 Å². The fourth-order valence-corrected chi connectivity index (χ4v) is 1.62. The van der Waals surface area contributed by atoms with Gasteiger partial charge in [-0.15, -0.1) is 5.10 Å². The van der Waals surface area contributed by atoms with Gasteiger partial charge in [0.1, 0.15) is 7.67 Å². The Morgan fingerprint density at radius 3 is 2.81 bits per heavy atom. The van der Waals surface area contributed by atoms with Crippen molar-refractivity contribution in [1.82, 2.24) is 14.8 Å². The summed E-state index contributed by atoms with van der Waals surface area (Å²) in [5, 5.41) is 12.4. The maximum atomic E-state index is 12.8. The van der Waals surface area contributed by atoms with Crippen LogP contribution < -0.4 is 0 Å².